The summed E-state index contributed by atoms with van der Waals surface area (Å²) in [4.78, 5) is 12.1. The van der Waals surface area contributed by atoms with Gasteiger partial charge >= 0.3 is 0 Å². The van der Waals surface area contributed by atoms with E-state index in [1.54, 1.807) is 0 Å². The molecule has 1 aliphatic rings. The number of anilines is 1. The van der Waals surface area contributed by atoms with Crippen LogP contribution in [0.1, 0.15) is 19.8 Å². The standard InChI is InChI=1S/C14H20BrN3O/c1-2-10-9-17-8-7-14(10,13(16)19)18-12-6-4-3-5-11(12)15/h3-6,10,17-18H,2,7-9H2,1H3,(H2,16,19). The molecule has 5 heteroatoms. The molecule has 0 aromatic heterocycles. The Morgan fingerprint density at radius 2 is 2.32 bits per heavy atom. The van der Waals surface area contributed by atoms with Gasteiger partial charge in [0, 0.05) is 22.6 Å². The molecule has 2 atom stereocenters. The van der Waals surface area contributed by atoms with Gasteiger partial charge in [0.05, 0.1) is 0 Å². The van der Waals surface area contributed by atoms with Crippen LogP contribution in [-0.4, -0.2) is 24.5 Å². The predicted octanol–water partition coefficient (Wildman–Crippen LogP) is 2.10. The van der Waals surface area contributed by atoms with Crippen molar-refractivity contribution in [2.75, 3.05) is 18.4 Å². The van der Waals surface area contributed by atoms with E-state index in [0.717, 1.165) is 29.7 Å². The van der Waals surface area contributed by atoms with Gasteiger partial charge in [-0.25, -0.2) is 0 Å². The van der Waals surface area contributed by atoms with E-state index in [9.17, 15) is 4.79 Å². The first-order valence-electron chi connectivity index (χ1n) is 6.63. The number of primary amides is 1. The molecular formula is C14H20BrN3O. The Morgan fingerprint density at radius 3 is 2.95 bits per heavy atom. The SMILES string of the molecule is CCC1CNCCC1(Nc1ccccc1Br)C(N)=O. The quantitative estimate of drug-likeness (QED) is 0.794. The van der Waals surface area contributed by atoms with Crippen LogP contribution in [0.15, 0.2) is 28.7 Å². The molecule has 4 N–H and O–H groups in total. The molecule has 1 fully saturated rings. The molecule has 2 unspecified atom stereocenters. The van der Waals surface area contributed by atoms with Crippen LogP contribution in [-0.2, 0) is 4.79 Å². The number of nitrogens with one attached hydrogen (secondary N) is 2. The molecule has 1 heterocycles. The van der Waals surface area contributed by atoms with Gasteiger partial charge in [0.25, 0.3) is 0 Å². The molecule has 4 nitrogen and oxygen atoms in total. The van der Waals surface area contributed by atoms with Gasteiger partial charge in [-0.05, 0) is 47.4 Å². The molecule has 1 saturated heterocycles. The Bertz CT molecular complexity index is 466. The van der Waals surface area contributed by atoms with Crippen molar-refractivity contribution in [1.29, 1.82) is 0 Å². The second kappa shape index (κ2) is 5.92. The Morgan fingerprint density at radius 1 is 1.58 bits per heavy atom. The van der Waals surface area contributed by atoms with Gasteiger partial charge in [0.15, 0.2) is 0 Å². The lowest BCUT2D eigenvalue weighted by Crippen LogP contribution is -2.62. The lowest BCUT2D eigenvalue weighted by atomic mass is 9.76. The summed E-state index contributed by atoms with van der Waals surface area (Å²) in [6, 6.07) is 7.82. The zero-order valence-electron chi connectivity index (χ0n) is 11.1. The molecule has 2 rings (SSSR count). The van der Waals surface area contributed by atoms with Crippen molar-refractivity contribution < 1.29 is 4.79 Å². The van der Waals surface area contributed by atoms with Crippen LogP contribution in [0.4, 0.5) is 5.69 Å². The number of hydrogen-bond donors (Lipinski definition) is 3. The van der Waals surface area contributed by atoms with Gasteiger partial charge in [-0.3, -0.25) is 4.79 Å². The highest BCUT2D eigenvalue weighted by Crippen LogP contribution is 2.33. The number of piperidine rings is 1. The van der Waals surface area contributed by atoms with E-state index in [1.807, 2.05) is 24.3 Å². The number of halogens is 1. The fourth-order valence-corrected chi connectivity index (χ4v) is 3.17. The lowest BCUT2D eigenvalue weighted by Gasteiger charge is -2.43. The third-order valence-electron chi connectivity index (χ3n) is 3.95. The third-order valence-corrected chi connectivity index (χ3v) is 4.64. The number of nitrogens with two attached hydrogens (primary N) is 1. The molecule has 0 saturated carbocycles. The van der Waals surface area contributed by atoms with Crippen molar-refractivity contribution in [3.8, 4) is 0 Å². The summed E-state index contributed by atoms with van der Waals surface area (Å²) >= 11 is 3.51. The summed E-state index contributed by atoms with van der Waals surface area (Å²) < 4.78 is 0.948. The Hall–Kier alpha value is -1.07. The Kier molecular flexibility index (Phi) is 4.47. The van der Waals surface area contributed by atoms with E-state index in [4.69, 9.17) is 5.73 Å². The van der Waals surface area contributed by atoms with Crippen LogP contribution >= 0.6 is 15.9 Å². The fourth-order valence-electron chi connectivity index (χ4n) is 2.79. The van der Waals surface area contributed by atoms with Gasteiger partial charge in [-0.2, -0.15) is 0 Å². The molecule has 0 spiro atoms. The summed E-state index contributed by atoms with van der Waals surface area (Å²) in [7, 11) is 0. The number of carbonyl (C=O) groups is 1. The number of rotatable bonds is 4. The van der Waals surface area contributed by atoms with Crippen LogP contribution in [0.25, 0.3) is 0 Å². The number of benzene rings is 1. The average molecular weight is 326 g/mol. The van der Waals surface area contributed by atoms with Crippen molar-refractivity contribution in [2.24, 2.45) is 11.7 Å². The molecule has 0 aliphatic carbocycles. The van der Waals surface area contributed by atoms with Gasteiger partial charge in [0.2, 0.25) is 5.91 Å². The number of hydrogen-bond acceptors (Lipinski definition) is 3. The van der Waals surface area contributed by atoms with Gasteiger partial charge in [-0.1, -0.05) is 19.1 Å². The summed E-state index contributed by atoms with van der Waals surface area (Å²) in [5.74, 6) is -0.0672. The monoisotopic (exact) mass is 325 g/mol. The van der Waals surface area contributed by atoms with Crippen molar-refractivity contribution in [2.45, 2.75) is 25.3 Å². The molecule has 1 aromatic rings. The predicted molar refractivity (Wildman–Crippen MR) is 81.0 cm³/mol. The zero-order chi connectivity index (χ0) is 13.9. The molecule has 1 amide bonds. The fraction of sp³-hybridized carbons (Fsp3) is 0.500. The van der Waals surface area contributed by atoms with Crippen LogP contribution in [0, 0.1) is 5.92 Å². The highest BCUT2D eigenvalue weighted by atomic mass is 79.9. The van der Waals surface area contributed by atoms with Crippen LogP contribution in [0.5, 0.6) is 0 Å². The minimum absolute atomic E-state index is 0.200. The second-order valence-corrected chi connectivity index (χ2v) is 5.85. The number of para-hydroxylation sites is 1. The molecule has 104 valence electrons. The summed E-state index contributed by atoms with van der Waals surface area (Å²) in [5.41, 5.74) is 5.98. The molecular weight excluding hydrogens is 306 g/mol. The average Bonchev–Trinajstić information content (AvgIpc) is 2.41. The number of carbonyl (C=O) groups excluding carboxylic acids is 1. The van der Waals surface area contributed by atoms with E-state index in [2.05, 4.69) is 33.5 Å². The molecule has 0 bridgehead atoms. The van der Waals surface area contributed by atoms with Gasteiger partial charge in [0.1, 0.15) is 5.54 Å². The smallest absolute Gasteiger partial charge is 0.243 e. The summed E-state index contributed by atoms with van der Waals surface area (Å²) in [5, 5.41) is 6.74. The van der Waals surface area contributed by atoms with Gasteiger partial charge < -0.3 is 16.4 Å². The van der Waals surface area contributed by atoms with Gasteiger partial charge in [-0.15, -0.1) is 0 Å². The van der Waals surface area contributed by atoms with E-state index >= 15 is 0 Å². The maximum atomic E-state index is 12.1. The van der Waals surface area contributed by atoms with Crippen LogP contribution in [0.3, 0.4) is 0 Å². The van der Waals surface area contributed by atoms with Crippen molar-refractivity contribution in [3.05, 3.63) is 28.7 Å². The Labute approximate surface area is 122 Å². The van der Waals surface area contributed by atoms with E-state index < -0.39 is 5.54 Å². The van der Waals surface area contributed by atoms with Crippen molar-refractivity contribution >= 4 is 27.5 Å². The highest BCUT2D eigenvalue weighted by molar-refractivity contribution is 9.10. The minimum Gasteiger partial charge on any atom is -0.370 e. The normalized spacial score (nSPS) is 26.9. The second-order valence-electron chi connectivity index (χ2n) is 5.00. The van der Waals surface area contributed by atoms with Crippen molar-refractivity contribution in [3.63, 3.8) is 0 Å². The first-order valence-corrected chi connectivity index (χ1v) is 7.43. The molecule has 19 heavy (non-hydrogen) atoms. The maximum absolute atomic E-state index is 12.1. The summed E-state index contributed by atoms with van der Waals surface area (Å²) in [6.07, 6.45) is 1.62. The largest absolute Gasteiger partial charge is 0.370 e. The molecule has 1 aromatic carbocycles. The molecule has 0 radical (unpaired) electrons. The van der Waals surface area contributed by atoms with Crippen LogP contribution in [0.2, 0.25) is 0 Å². The zero-order valence-corrected chi connectivity index (χ0v) is 12.7. The topological polar surface area (TPSA) is 67.2 Å². The lowest BCUT2D eigenvalue weighted by molar-refractivity contribution is -0.125. The van der Waals surface area contributed by atoms with E-state index in [-0.39, 0.29) is 11.8 Å². The Balaban J connectivity index is 2.34. The first-order chi connectivity index (χ1) is 9.10. The first kappa shape index (κ1) is 14.3. The van der Waals surface area contributed by atoms with E-state index in [1.165, 1.54) is 0 Å². The third kappa shape index (κ3) is 2.77. The van der Waals surface area contributed by atoms with Crippen LogP contribution < -0.4 is 16.4 Å². The van der Waals surface area contributed by atoms with E-state index in [0.29, 0.717) is 6.42 Å². The number of amides is 1. The highest BCUT2D eigenvalue weighted by Gasteiger charge is 2.45. The molecule has 1 aliphatic heterocycles. The minimum atomic E-state index is -0.663. The summed E-state index contributed by atoms with van der Waals surface area (Å²) in [6.45, 7) is 3.71. The van der Waals surface area contributed by atoms with Crippen molar-refractivity contribution in [1.82, 2.24) is 5.32 Å². The maximum Gasteiger partial charge on any atom is 0.243 e.